The average molecular weight is 353 g/mol. The first-order valence-corrected chi connectivity index (χ1v) is 9.65. The molecule has 0 bridgehead atoms. The van der Waals surface area contributed by atoms with Crippen LogP contribution in [0.15, 0.2) is 73.2 Å². The number of hydrogen-bond donors (Lipinski definition) is 1. The zero-order chi connectivity index (χ0) is 17.5. The van der Waals surface area contributed by atoms with Crippen LogP contribution in [0.1, 0.15) is 11.1 Å². The van der Waals surface area contributed by atoms with E-state index in [-0.39, 0.29) is 12.3 Å². The van der Waals surface area contributed by atoms with Gasteiger partial charge in [0.15, 0.2) is 0 Å². The smallest absolute Gasteiger partial charge is 0.212 e. The summed E-state index contributed by atoms with van der Waals surface area (Å²) in [6.07, 6.45) is 5.57. The summed E-state index contributed by atoms with van der Waals surface area (Å²) in [7, 11) is -3.37. The Hall–Kier alpha value is -2.57. The lowest BCUT2D eigenvalue weighted by Crippen LogP contribution is -2.27. The molecule has 1 N–H and O–H groups in total. The van der Waals surface area contributed by atoms with Crippen LogP contribution in [0.5, 0.6) is 0 Å². The Bertz CT molecular complexity index is 914. The number of rotatable bonds is 7. The van der Waals surface area contributed by atoms with Crippen molar-refractivity contribution < 1.29 is 8.42 Å². The second-order valence-electron chi connectivity index (χ2n) is 5.62. The molecule has 128 valence electrons. The minimum Gasteiger partial charge on any atom is -0.265 e. The number of hydrogen-bond acceptors (Lipinski definition) is 4. The van der Waals surface area contributed by atoms with Crippen LogP contribution in [-0.2, 0) is 23.0 Å². The van der Waals surface area contributed by atoms with E-state index in [9.17, 15) is 8.42 Å². The molecule has 0 radical (unpaired) electrons. The molecule has 0 saturated carbocycles. The summed E-state index contributed by atoms with van der Waals surface area (Å²) in [5.41, 5.74) is 3.51. The molecule has 0 unspecified atom stereocenters. The van der Waals surface area contributed by atoms with Gasteiger partial charge in [-0.2, -0.15) is 0 Å². The van der Waals surface area contributed by atoms with Crippen LogP contribution in [0.2, 0.25) is 0 Å². The third-order valence-electron chi connectivity index (χ3n) is 3.83. The number of sulfonamides is 1. The van der Waals surface area contributed by atoms with Gasteiger partial charge in [0, 0.05) is 30.7 Å². The number of aromatic nitrogens is 2. The van der Waals surface area contributed by atoms with Crippen LogP contribution in [-0.4, -0.2) is 24.1 Å². The zero-order valence-corrected chi connectivity index (χ0v) is 14.5. The highest BCUT2D eigenvalue weighted by molar-refractivity contribution is 7.89. The minimum atomic E-state index is -3.37. The first kappa shape index (κ1) is 17.3. The van der Waals surface area contributed by atoms with Crippen LogP contribution in [0.25, 0.3) is 11.3 Å². The number of aryl methyl sites for hydroxylation is 1. The van der Waals surface area contributed by atoms with Crippen molar-refractivity contribution in [2.45, 2.75) is 13.0 Å². The van der Waals surface area contributed by atoms with E-state index >= 15 is 0 Å². The molecule has 25 heavy (non-hydrogen) atoms. The highest BCUT2D eigenvalue weighted by atomic mass is 32.2. The van der Waals surface area contributed by atoms with Crippen LogP contribution in [0.3, 0.4) is 0 Å². The predicted octanol–water partition coefficient (Wildman–Crippen LogP) is 2.81. The number of nitrogens with zero attached hydrogens (tertiary/aromatic N) is 2. The van der Waals surface area contributed by atoms with Crippen LogP contribution < -0.4 is 4.72 Å². The van der Waals surface area contributed by atoms with Crippen molar-refractivity contribution >= 4 is 10.0 Å². The molecule has 5 nitrogen and oxygen atoms in total. The van der Waals surface area contributed by atoms with Gasteiger partial charge in [-0.25, -0.2) is 13.1 Å². The van der Waals surface area contributed by atoms with Crippen molar-refractivity contribution in [3.8, 4) is 11.3 Å². The van der Waals surface area contributed by atoms with Crippen molar-refractivity contribution in [3.63, 3.8) is 0 Å². The summed E-state index contributed by atoms with van der Waals surface area (Å²) in [5.74, 6) is 0.0574. The van der Waals surface area contributed by atoms with E-state index in [2.05, 4.69) is 14.7 Å². The molecule has 6 heteroatoms. The Morgan fingerprint density at radius 2 is 1.64 bits per heavy atom. The normalized spacial score (nSPS) is 11.4. The highest BCUT2D eigenvalue weighted by Crippen LogP contribution is 2.20. The summed E-state index contributed by atoms with van der Waals surface area (Å²) in [4.78, 5) is 8.38. The van der Waals surface area contributed by atoms with E-state index in [4.69, 9.17) is 0 Å². The fourth-order valence-corrected chi connectivity index (χ4v) is 3.53. The lowest BCUT2D eigenvalue weighted by Gasteiger charge is -2.10. The lowest BCUT2D eigenvalue weighted by molar-refractivity contribution is 0.580. The molecule has 2 aromatic heterocycles. The van der Waals surface area contributed by atoms with E-state index in [0.717, 1.165) is 22.4 Å². The third-order valence-corrected chi connectivity index (χ3v) is 5.16. The maximum Gasteiger partial charge on any atom is 0.212 e. The first-order valence-electron chi connectivity index (χ1n) is 8.00. The lowest BCUT2D eigenvalue weighted by atomic mass is 10.1. The molecule has 0 saturated heterocycles. The van der Waals surface area contributed by atoms with Crippen LogP contribution in [0, 0.1) is 0 Å². The molecule has 0 aliphatic carbocycles. The van der Waals surface area contributed by atoms with Crippen LogP contribution in [0.4, 0.5) is 0 Å². The molecule has 2 heterocycles. The van der Waals surface area contributed by atoms with Gasteiger partial charge in [0.25, 0.3) is 0 Å². The van der Waals surface area contributed by atoms with Crippen molar-refractivity contribution in [2.75, 3.05) is 5.75 Å². The number of nitrogens with one attached hydrogen (secondary N) is 1. The van der Waals surface area contributed by atoms with Gasteiger partial charge in [-0.1, -0.05) is 36.4 Å². The maximum atomic E-state index is 12.3. The molecule has 0 amide bonds. The molecule has 0 aliphatic rings. The highest BCUT2D eigenvalue weighted by Gasteiger charge is 2.13. The van der Waals surface area contributed by atoms with Gasteiger partial charge in [0.1, 0.15) is 0 Å². The standard InChI is InChI=1S/C19H19N3O2S/c23-25(24,14-10-16-5-2-1-3-6-16)22-15-18-7-4-11-21-19(18)17-8-12-20-13-9-17/h1-9,11-13,22H,10,14-15H2. The Labute approximate surface area is 147 Å². The van der Waals surface area contributed by atoms with E-state index in [1.807, 2.05) is 48.5 Å². The molecule has 3 aromatic rings. The van der Waals surface area contributed by atoms with Gasteiger partial charge < -0.3 is 0 Å². The third kappa shape index (κ3) is 4.95. The van der Waals surface area contributed by atoms with Crippen LogP contribution >= 0.6 is 0 Å². The second-order valence-corrected chi connectivity index (χ2v) is 7.55. The van der Waals surface area contributed by atoms with Gasteiger partial charge in [-0.3, -0.25) is 9.97 Å². The van der Waals surface area contributed by atoms with Crippen molar-refractivity contribution in [2.24, 2.45) is 0 Å². The molecular weight excluding hydrogens is 334 g/mol. The zero-order valence-electron chi connectivity index (χ0n) is 13.7. The second kappa shape index (κ2) is 8.00. The summed E-state index contributed by atoms with van der Waals surface area (Å²) in [6.45, 7) is 0.211. The largest absolute Gasteiger partial charge is 0.265 e. The van der Waals surface area contributed by atoms with Gasteiger partial charge in [0.2, 0.25) is 10.0 Å². The van der Waals surface area contributed by atoms with Gasteiger partial charge in [-0.05, 0) is 35.7 Å². The molecule has 1 aromatic carbocycles. The van der Waals surface area contributed by atoms with Crippen molar-refractivity contribution in [1.29, 1.82) is 0 Å². The topological polar surface area (TPSA) is 72.0 Å². The summed E-state index contributed by atoms with van der Waals surface area (Å²) in [6, 6.07) is 17.0. The van der Waals surface area contributed by atoms with Gasteiger partial charge in [-0.15, -0.1) is 0 Å². The van der Waals surface area contributed by atoms with Crippen molar-refractivity contribution in [1.82, 2.24) is 14.7 Å². The molecule has 3 rings (SSSR count). The maximum absolute atomic E-state index is 12.3. The molecular formula is C19H19N3O2S. The summed E-state index contributed by atoms with van der Waals surface area (Å²) < 4.78 is 27.2. The average Bonchev–Trinajstić information content (AvgIpc) is 2.67. The van der Waals surface area contributed by atoms with E-state index < -0.39 is 10.0 Å². The number of pyridine rings is 2. The Balaban J connectivity index is 1.67. The van der Waals surface area contributed by atoms with Gasteiger partial charge >= 0.3 is 0 Å². The Morgan fingerprint density at radius 3 is 2.40 bits per heavy atom. The Kier molecular flexibility index (Phi) is 5.53. The molecule has 0 atom stereocenters. The minimum absolute atomic E-state index is 0.0574. The molecule has 0 fully saturated rings. The quantitative estimate of drug-likeness (QED) is 0.709. The summed E-state index contributed by atoms with van der Waals surface area (Å²) in [5, 5.41) is 0. The SMILES string of the molecule is O=S(=O)(CCc1ccccc1)NCc1cccnc1-c1ccncc1. The van der Waals surface area contributed by atoms with E-state index in [1.165, 1.54) is 0 Å². The first-order chi connectivity index (χ1) is 12.1. The van der Waals surface area contributed by atoms with Crippen molar-refractivity contribution in [3.05, 3.63) is 84.3 Å². The van der Waals surface area contributed by atoms with Gasteiger partial charge in [0.05, 0.1) is 11.4 Å². The van der Waals surface area contributed by atoms with E-state index in [0.29, 0.717) is 6.42 Å². The van der Waals surface area contributed by atoms with E-state index in [1.54, 1.807) is 24.7 Å². The monoisotopic (exact) mass is 353 g/mol. The molecule has 0 spiro atoms. The fourth-order valence-electron chi connectivity index (χ4n) is 2.51. The fraction of sp³-hybridized carbons (Fsp3) is 0.158. The predicted molar refractivity (Wildman–Crippen MR) is 98.2 cm³/mol. The molecule has 0 aliphatic heterocycles. The Morgan fingerprint density at radius 1 is 0.880 bits per heavy atom. The number of benzene rings is 1. The summed E-state index contributed by atoms with van der Waals surface area (Å²) >= 11 is 0.